The van der Waals surface area contributed by atoms with E-state index in [-0.39, 0.29) is 6.42 Å². The molecule has 5 heteroatoms. The van der Waals surface area contributed by atoms with Crippen LogP contribution in [0.1, 0.15) is 12.0 Å². The maximum Gasteiger partial charge on any atom is 0.327 e. The summed E-state index contributed by atoms with van der Waals surface area (Å²) in [5.41, 5.74) is 1.08. The first-order valence-corrected chi connectivity index (χ1v) is 5.37. The van der Waals surface area contributed by atoms with Crippen LogP contribution >= 0.6 is 0 Å². The van der Waals surface area contributed by atoms with Crippen molar-refractivity contribution in [2.45, 2.75) is 12.5 Å². The molecule has 0 radical (unpaired) electrons. The van der Waals surface area contributed by atoms with Crippen molar-refractivity contribution in [2.24, 2.45) is 0 Å². The van der Waals surface area contributed by atoms with Crippen LogP contribution in [0.25, 0.3) is 0 Å². The van der Waals surface area contributed by atoms with Crippen LogP contribution in [-0.4, -0.2) is 23.1 Å². The molecule has 0 aromatic heterocycles. The second-order valence-electron chi connectivity index (χ2n) is 3.62. The number of nitrogens with one attached hydrogen (secondary N) is 2. The van der Waals surface area contributed by atoms with E-state index in [2.05, 4.69) is 22.5 Å². The predicted octanol–water partition coefficient (Wildman–Crippen LogP) is 1.27. The number of benzene rings is 1. The zero-order valence-electron chi connectivity index (χ0n) is 10.0. The maximum atomic E-state index is 11.6. The average molecular weight is 256 g/mol. The highest BCUT2D eigenvalue weighted by molar-refractivity contribution is 5.92. The Morgan fingerprint density at radius 3 is 2.68 bits per heavy atom. The highest BCUT2D eigenvalue weighted by Crippen LogP contribution is 2.09. The summed E-state index contributed by atoms with van der Waals surface area (Å²) in [6.07, 6.45) is 10.2. The van der Waals surface area contributed by atoms with Gasteiger partial charge in [-0.05, 0) is 18.2 Å². The molecule has 0 heterocycles. The molecule has 2 amide bonds. The standard InChI is InChI=1S/C14H12N2O3/c1-3-6-12(13(17)18)16-14(19)15-11-8-5-7-10(4-2)9-11/h1-2,5,7-9,12H,6H2,(H,17,18)(H2,15,16,19). The lowest BCUT2D eigenvalue weighted by Crippen LogP contribution is -2.42. The van der Waals surface area contributed by atoms with Gasteiger partial charge in [-0.3, -0.25) is 0 Å². The monoisotopic (exact) mass is 256 g/mol. The molecule has 0 fully saturated rings. The molecular formula is C14H12N2O3. The Kier molecular flexibility index (Phi) is 5.01. The Labute approximate surface area is 111 Å². The van der Waals surface area contributed by atoms with Crippen LogP contribution in [-0.2, 0) is 4.79 Å². The van der Waals surface area contributed by atoms with Crippen LogP contribution < -0.4 is 10.6 Å². The van der Waals surface area contributed by atoms with Gasteiger partial charge < -0.3 is 15.7 Å². The summed E-state index contributed by atoms with van der Waals surface area (Å²) < 4.78 is 0. The van der Waals surface area contributed by atoms with Crippen LogP contribution in [0.15, 0.2) is 24.3 Å². The van der Waals surface area contributed by atoms with Crippen molar-refractivity contribution in [2.75, 3.05) is 5.32 Å². The van der Waals surface area contributed by atoms with Gasteiger partial charge in [0.25, 0.3) is 0 Å². The molecule has 3 N–H and O–H groups in total. The summed E-state index contributed by atoms with van der Waals surface area (Å²) in [6, 6.07) is 4.84. The first-order valence-electron chi connectivity index (χ1n) is 5.37. The number of carbonyl (C=O) groups excluding carboxylic acids is 1. The number of carboxylic acids is 1. The minimum atomic E-state index is -1.19. The molecular weight excluding hydrogens is 244 g/mol. The zero-order valence-corrected chi connectivity index (χ0v) is 10.0. The lowest BCUT2D eigenvalue weighted by Gasteiger charge is -2.12. The molecule has 1 rings (SSSR count). The van der Waals surface area contributed by atoms with Crippen molar-refractivity contribution in [3.63, 3.8) is 0 Å². The van der Waals surface area contributed by atoms with E-state index in [1.54, 1.807) is 24.3 Å². The molecule has 0 aliphatic rings. The number of rotatable bonds is 4. The molecule has 0 saturated carbocycles. The number of anilines is 1. The first-order chi connectivity index (χ1) is 9.06. The van der Waals surface area contributed by atoms with Gasteiger partial charge in [-0.25, -0.2) is 9.59 Å². The Morgan fingerprint density at radius 2 is 2.11 bits per heavy atom. The third kappa shape index (κ3) is 4.45. The van der Waals surface area contributed by atoms with E-state index in [1.165, 1.54) is 0 Å². The maximum absolute atomic E-state index is 11.6. The second kappa shape index (κ2) is 6.73. The van der Waals surface area contributed by atoms with Gasteiger partial charge in [0.15, 0.2) is 0 Å². The Hall–Kier alpha value is -2.92. The summed E-state index contributed by atoms with van der Waals surface area (Å²) >= 11 is 0. The Bertz CT molecular complexity index is 567. The fourth-order valence-electron chi connectivity index (χ4n) is 1.33. The first kappa shape index (κ1) is 14.1. The number of terminal acetylenes is 2. The highest BCUT2D eigenvalue weighted by atomic mass is 16.4. The number of carbonyl (C=O) groups is 2. The van der Waals surface area contributed by atoms with Crippen LogP contribution in [0.4, 0.5) is 10.5 Å². The Morgan fingerprint density at radius 1 is 1.37 bits per heavy atom. The molecule has 1 atom stereocenters. The molecule has 0 spiro atoms. The molecule has 1 unspecified atom stereocenters. The second-order valence-corrected chi connectivity index (χ2v) is 3.62. The average Bonchev–Trinajstić information content (AvgIpc) is 2.38. The quantitative estimate of drug-likeness (QED) is 0.710. The van der Waals surface area contributed by atoms with E-state index >= 15 is 0 Å². The lowest BCUT2D eigenvalue weighted by molar-refractivity contribution is -0.139. The fraction of sp³-hybridized carbons (Fsp3) is 0.143. The van der Waals surface area contributed by atoms with Crippen LogP contribution in [0.2, 0.25) is 0 Å². The molecule has 1 aromatic rings. The Balaban J connectivity index is 2.67. The molecule has 5 nitrogen and oxygen atoms in total. The van der Waals surface area contributed by atoms with E-state index < -0.39 is 18.0 Å². The van der Waals surface area contributed by atoms with Crippen molar-refractivity contribution >= 4 is 17.7 Å². The van der Waals surface area contributed by atoms with Gasteiger partial charge in [-0.2, -0.15) is 0 Å². The largest absolute Gasteiger partial charge is 0.480 e. The van der Waals surface area contributed by atoms with Crippen LogP contribution in [0, 0.1) is 24.7 Å². The SMILES string of the molecule is C#CCC(NC(=O)Nc1cccc(C#C)c1)C(=O)O. The van der Waals surface area contributed by atoms with Crippen molar-refractivity contribution in [3.8, 4) is 24.7 Å². The minimum Gasteiger partial charge on any atom is -0.480 e. The third-order valence-corrected chi connectivity index (χ3v) is 2.21. The fourth-order valence-corrected chi connectivity index (χ4v) is 1.33. The van der Waals surface area contributed by atoms with Crippen LogP contribution in [0.5, 0.6) is 0 Å². The van der Waals surface area contributed by atoms with E-state index in [1.807, 2.05) is 0 Å². The van der Waals surface area contributed by atoms with Gasteiger partial charge in [0.05, 0.1) is 0 Å². The van der Waals surface area contributed by atoms with Gasteiger partial charge in [-0.15, -0.1) is 18.8 Å². The molecule has 1 aromatic carbocycles. The van der Waals surface area contributed by atoms with E-state index in [9.17, 15) is 9.59 Å². The molecule has 0 saturated heterocycles. The van der Waals surface area contributed by atoms with Gasteiger partial charge in [-0.1, -0.05) is 12.0 Å². The smallest absolute Gasteiger partial charge is 0.327 e. The van der Waals surface area contributed by atoms with Crippen molar-refractivity contribution in [1.82, 2.24) is 5.32 Å². The van der Waals surface area contributed by atoms with E-state index in [4.69, 9.17) is 18.0 Å². The van der Waals surface area contributed by atoms with E-state index in [0.717, 1.165) is 0 Å². The molecule has 19 heavy (non-hydrogen) atoms. The molecule has 0 aliphatic heterocycles. The summed E-state index contributed by atoms with van der Waals surface area (Å²) in [6.45, 7) is 0. The van der Waals surface area contributed by atoms with Gasteiger partial charge in [0.2, 0.25) is 0 Å². The van der Waals surface area contributed by atoms with Crippen LogP contribution in [0.3, 0.4) is 0 Å². The summed E-state index contributed by atoms with van der Waals surface area (Å²) in [5, 5.41) is 13.6. The van der Waals surface area contributed by atoms with E-state index in [0.29, 0.717) is 11.3 Å². The van der Waals surface area contributed by atoms with Crippen molar-refractivity contribution in [1.29, 1.82) is 0 Å². The number of urea groups is 1. The highest BCUT2D eigenvalue weighted by Gasteiger charge is 2.18. The number of aliphatic carboxylic acids is 1. The normalized spacial score (nSPS) is 10.6. The minimum absolute atomic E-state index is 0.0901. The number of hydrogen-bond donors (Lipinski definition) is 3. The van der Waals surface area contributed by atoms with Crippen molar-refractivity contribution in [3.05, 3.63) is 29.8 Å². The van der Waals surface area contributed by atoms with Gasteiger partial charge in [0.1, 0.15) is 6.04 Å². The summed E-state index contributed by atoms with van der Waals surface area (Å²) in [7, 11) is 0. The summed E-state index contributed by atoms with van der Waals surface area (Å²) in [5.74, 6) is 3.42. The van der Waals surface area contributed by atoms with Gasteiger partial charge >= 0.3 is 12.0 Å². The topological polar surface area (TPSA) is 78.4 Å². The lowest BCUT2D eigenvalue weighted by atomic mass is 10.2. The third-order valence-electron chi connectivity index (χ3n) is 2.21. The number of amides is 2. The number of hydrogen-bond acceptors (Lipinski definition) is 2. The van der Waals surface area contributed by atoms with Crippen molar-refractivity contribution < 1.29 is 14.7 Å². The summed E-state index contributed by atoms with van der Waals surface area (Å²) in [4.78, 5) is 22.4. The zero-order chi connectivity index (χ0) is 14.3. The molecule has 0 bridgehead atoms. The predicted molar refractivity (Wildman–Crippen MR) is 71.4 cm³/mol. The molecule has 96 valence electrons. The number of carboxylic acid groups (broad SMARTS) is 1. The molecule has 0 aliphatic carbocycles. The van der Waals surface area contributed by atoms with Gasteiger partial charge in [0, 0.05) is 17.7 Å².